The summed E-state index contributed by atoms with van der Waals surface area (Å²) in [5.74, 6) is 2.05. The SMILES string of the molecule is COc1cc(Nc2nc3ccccc3nc2NSc2cccc(NC(=O)c3ccc(Cl)nc3)c2)cc(OC)c1. The third kappa shape index (κ3) is 6.49. The van der Waals surface area contributed by atoms with Crippen molar-refractivity contribution in [2.45, 2.75) is 4.90 Å². The predicted octanol–water partition coefficient (Wildman–Crippen LogP) is 6.81. The summed E-state index contributed by atoms with van der Waals surface area (Å²) in [7, 11) is 3.20. The molecule has 0 bridgehead atoms. The maximum absolute atomic E-state index is 12.6. The van der Waals surface area contributed by atoms with E-state index in [1.54, 1.807) is 32.4 Å². The Hall–Kier alpha value is -4.54. The van der Waals surface area contributed by atoms with Gasteiger partial charge in [-0.1, -0.05) is 29.8 Å². The fraction of sp³-hybridized carbons (Fsp3) is 0.0714. The number of nitrogens with zero attached hydrogens (tertiary/aromatic N) is 3. The van der Waals surface area contributed by atoms with Crippen LogP contribution in [0.15, 0.2) is 90.0 Å². The lowest BCUT2D eigenvalue weighted by atomic mass is 10.2. The zero-order valence-corrected chi connectivity index (χ0v) is 22.5. The van der Waals surface area contributed by atoms with Crippen LogP contribution in [-0.2, 0) is 0 Å². The minimum Gasteiger partial charge on any atom is -0.497 e. The molecule has 5 aromatic rings. The first kappa shape index (κ1) is 26.1. The largest absolute Gasteiger partial charge is 0.497 e. The molecule has 5 rings (SSSR count). The van der Waals surface area contributed by atoms with Crippen LogP contribution in [0.2, 0.25) is 5.15 Å². The molecule has 9 nitrogen and oxygen atoms in total. The Kier molecular flexibility index (Phi) is 7.95. The van der Waals surface area contributed by atoms with E-state index in [2.05, 4.69) is 20.3 Å². The van der Waals surface area contributed by atoms with Crippen molar-refractivity contribution < 1.29 is 14.3 Å². The maximum Gasteiger partial charge on any atom is 0.257 e. The summed E-state index contributed by atoms with van der Waals surface area (Å²) in [6, 6.07) is 23.8. The summed E-state index contributed by atoms with van der Waals surface area (Å²) < 4.78 is 14.1. The van der Waals surface area contributed by atoms with Crippen LogP contribution in [0.3, 0.4) is 0 Å². The minimum atomic E-state index is -0.283. The first-order chi connectivity index (χ1) is 19.0. The summed E-state index contributed by atoms with van der Waals surface area (Å²) in [5, 5.41) is 6.53. The van der Waals surface area contributed by atoms with Crippen molar-refractivity contribution in [1.82, 2.24) is 15.0 Å². The molecule has 3 N–H and O–H groups in total. The number of aromatic nitrogens is 3. The highest BCUT2D eigenvalue weighted by Gasteiger charge is 2.12. The van der Waals surface area contributed by atoms with Crippen molar-refractivity contribution in [1.29, 1.82) is 0 Å². The van der Waals surface area contributed by atoms with Gasteiger partial charge in [-0.05, 0) is 54.4 Å². The van der Waals surface area contributed by atoms with Crippen LogP contribution in [0.5, 0.6) is 11.5 Å². The number of ether oxygens (including phenoxy) is 2. The van der Waals surface area contributed by atoms with Gasteiger partial charge in [-0.2, -0.15) is 0 Å². The molecular formula is C28H23ClN6O3S. The lowest BCUT2D eigenvalue weighted by Gasteiger charge is -2.15. The Labute approximate surface area is 234 Å². The van der Waals surface area contributed by atoms with Crippen molar-refractivity contribution in [3.63, 3.8) is 0 Å². The van der Waals surface area contributed by atoms with E-state index in [-0.39, 0.29) is 5.91 Å². The molecule has 2 aromatic heterocycles. The Morgan fingerprint density at radius 3 is 2.21 bits per heavy atom. The second-order valence-corrected chi connectivity index (χ2v) is 9.46. The first-order valence-corrected chi connectivity index (χ1v) is 12.9. The van der Waals surface area contributed by atoms with Gasteiger partial charge in [0.25, 0.3) is 5.91 Å². The molecule has 0 atom stereocenters. The van der Waals surface area contributed by atoms with E-state index in [1.807, 2.05) is 60.7 Å². The van der Waals surface area contributed by atoms with Crippen molar-refractivity contribution in [3.05, 3.63) is 95.8 Å². The van der Waals surface area contributed by atoms with E-state index in [0.717, 1.165) is 21.6 Å². The fourth-order valence-electron chi connectivity index (χ4n) is 3.63. The van der Waals surface area contributed by atoms with Crippen molar-refractivity contribution in [2.24, 2.45) is 0 Å². The molecule has 0 unspecified atom stereocenters. The first-order valence-electron chi connectivity index (χ1n) is 11.7. The number of halogens is 1. The molecule has 0 saturated heterocycles. The number of hydrogen-bond donors (Lipinski definition) is 3. The summed E-state index contributed by atoms with van der Waals surface area (Å²) in [4.78, 5) is 27.0. The molecule has 0 fully saturated rings. The quantitative estimate of drug-likeness (QED) is 0.133. The highest BCUT2D eigenvalue weighted by molar-refractivity contribution is 8.00. The molecule has 11 heteroatoms. The number of anilines is 4. The van der Waals surface area contributed by atoms with Gasteiger partial charge in [0.2, 0.25) is 0 Å². The van der Waals surface area contributed by atoms with Crippen molar-refractivity contribution in [3.8, 4) is 11.5 Å². The number of rotatable bonds is 9. The van der Waals surface area contributed by atoms with Crippen LogP contribution >= 0.6 is 23.5 Å². The average Bonchev–Trinajstić information content (AvgIpc) is 2.96. The van der Waals surface area contributed by atoms with E-state index >= 15 is 0 Å². The summed E-state index contributed by atoms with van der Waals surface area (Å²) in [6.07, 6.45) is 1.43. The van der Waals surface area contributed by atoms with E-state index in [9.17, 15) is 4.79 Å². The second kappa shape index (κ2) is 11.9. The number of para-hydroxylation sites is 2. The number of carbonyl (C=O) groups is 1. The third-order valence-corrected chi connectivity index (χ3v) is 6.54. The summed E-state index contributed by atoms with van der Waals surface area (Å²) >= 11 is 7.16. The number of fused-ring (bicyclic) bond motifs is 1. The number of methoxy groups -OCH3 is 2. The topological polar surface area (TPSA) is 110 Å². The molecule has 0 aliphatic rings. The number of pyridine rings is 1. The smallest absolute Gasteiger partial charge is 0.257 e. The average molecular weight is 559 g/mol. The normalized spacial score (nSPS) is 10.6. The molecule has 196 valence electrons. The highest BCUT2D eigenvalue weighted by atomic mass is 35.5. The van der Waals surface area contributed by atoms with Crippen LogP contribution in [0, 0.1) is 0 Å². The Bertz CT molecular complexity index is 1610. The standard InChI is InChI=1S/C28H23ClN6O3S/c1-37-20-12-19(13-21(15-20)38-2)31-26-27(34-24-9-4-3-8-23(24)33-26)35-39-22-7-5-6-18(14-22)32-28(36)17-10-11-25(29)30-16-17/h3-16H,1-2H3,(H,31,33)(H,32,36)(H,34,35). The van der Waals surface area contributed by atoms with E-state index in [0.29, 0.717) is 39.5 Å². The van der Waals surface area contributed by atoms with Crippen LogP contribution in [0.1, 0.15) is 10.4 Å². The molecule has 1 amide bonds. The Morgan fingerprint density at radius 1 is 0.821 bits per heavy atom. The van der Waals surface area contributed by atoms with Gasteiger partial charge in [-0.15, -0.1) is 0 Å². The van der Waals surface area contributed by atoms with Gasteiger partial charge in [0.05, 0.1) is 30.8 Å². The molecule has 0 aliphatic heterocycles. The van der Waals surface area contributed by atoms with Crippen molar-refractivity contribution in [2.75, 3.05) is 29.6 Å². The molecular weight excluding hydrogens is 536 g/mol. The van der Waals surface area contributed by atoms with Gasteiger partial charge in [0.1, 0.15) is 16.7 Å². The minimum absolute atomic E-state index is 0.283. The zero-order valence-electron chi connectivity index (χ0n) is 20.9. The van der Waals surface area contributed by atoms with E-state index < -0.39 is 0 Å². The molecule has 0 aliphatic carbocycles. The predicted molar refractivity (Wildman–Crippen MR) is 155 cm³/mol. The lowest BCUT2D eigenvalue weighted by molar-refractivity contribution is 0.102. The van der Waals surface area contributed by atoms with E-state index in [4.69, 9.17) is 31.0 Å². The molecule has 3 aromatic carbocycles. The second-order valence-electron chi connectivity index (χ2n) is 8.19. The van der Waals surface area contributed by atoms with Gasteiger partial charge < -0.3 is 24.8 Å². The molecule has 2 heterocycles. The van der Waals surface area contributed by atoms with Gasteiger partial charge in [0.15, 0.2) is 11.6 Å². The number of carbonyl (C=O) groups excluding carboxylic acids is 1. The van der Waals surface area contributed by atoms with Crippen LogP contribution in [-0.4, -0.2) is 35.1 Å². The van der Waals surface area contributed by atoms with Gasteiger partial charge in [-0.25, -0.2) is 15.0 Å². The van der Waals surface area contributed by atoms with E-state index in [1.165, 1.54) is 18.1 Å². The summed E-state index contributed by atoms with van der Waals surface area (Å²) in [6.45, 7) is 0. The van der Waals surface area contributed by atoms with Crippen LogP contribution in [0.25, 0.3) is 11.0 Å². The van der Waals surface area contributed by atoms with Gasteiger partial charge in [-0.3, -0.25) is 4.79 Å². The zero-order chi connectivity index (χ0) is 27.2. The van der Waals surface area contributed by atoms with Gasteiger partial charge >= 0.3 is 0 Å². The number of hydrogen-bond acceptors (Lipinski definition) is 9. The van der Waals surface area contributed by atoms with Crippen LogP contribution < -0.4 is 24.8 Å². The molecule has 39 heavy (non-hydrogen) atoms. The number of benzene rings is 3. The Morgan fingerprint density at radius 2 is 1.54 bits per heavy atom. The van der Waals surface area contributed by atoms with Crippen LogP contribution in [0.4, 0.5) is 23.0 Å². The molecule has 0 spiro atoms. The monoisotopic (exact) mass is 558 g/mol. The van der Waals surface area contributed by atoms with Gasteiger partial charge in [0, 0.05) is 40.7 Å². The third-order valence-electron chi connectivity index (χ3n) is 5.53. The molecule has 0 radical (unpaired) electrons. The molecule has 0 saturated carbocycles. The van der Waals surface area contributed by atoms with Crippen molar-refractivity contribution >= 4 is 63.5 Å². The number of nitrogens with one attached hydrogen (secondary N) is 3. The highest BCUT2D eigenvalue weighted by Crippen LogP contribution is 2.32. The Balaban J connectivity index is 1.37. The summed E-state index contributed by atoms with van der Waals surface area (Å²) in [5.41, 5.74) is 3.25. The maximum atomic E-state index is 12.6. The lowest BCUT2D eigenvalue weighted by Crippen LogP contribution is -2.12. The number of amides is 1. The fourth-order valence-corrected chi connectivity index (χ4v) is 4.43.